The van der Waals surface area contributed by atoms with Crippen molar-refractivity contribution in [3.05, 3.63) is 0 Å². The minimum atomic E-state index is -0.357. The van der Waals surface area contributed by atoms with Crippen molar-refractivity contribution in [2.24, 2.45) is 11.1 Å². The number of oxime groups is 1. The van der Waals surface area contributed by atoms with E-state index in [1.54, 1.807) is 0 Å². The van der Waals surface area contributed by atoms with Gasteiger partial charge >= 0.3 is 0 Å². The predicted molar refractivity (Wildman–Crippen MR) is 64.0 cm³/mol. The third-order valence-corrected chi connectivity index (χ3v) is 4.60. The monoisotopic (exact) mass is 228 g/mol. The molecule has 1 fully saturated rings. The molecule has 0 aliphatic carbocycles. The first-order valence-corrected chi connectivity index (χ1v) is 6.05. The zero-order valence-corrected chi connectivity index (χ0v) is 11.0. The Morgan fingerprint density at radius 2 is 1.94 bits per heavy atom. The molecule has 3 atom stereocenters. The predicted octanol–water partition coefficient (Wildman–Crippen LogP) is 2.89. The largest absolute Gasteiger partial charge is 0.411 e. The van der Waals surface area contributed by atoms with Gasteiger partial charge in [0.05, 0.1) is 11.3 Å². The van der Waals surface area contributed by atoms with Gasteiger partial charge in [0.15, 0.2) is 0 Å². The first-order chi connectivity index (χ1) is 7.35. The molecule has 1 heterocycles. The second-order valence-electron chi connectivity index (χ2n) is 5.36. The van der Waals surface area contributed by atoms with Gasteiger partial charge < -0.3 is 10.4 Å². The van der Waals surface area contributed by atoms with Gasteiger partial charge in [0.25, 0.3) is 0 Å². The molecular weight excluding hydrogens is 204 g/mol. The molecule has 0 saturated carbocycles. The molecule has 0 aromatic heterocycles. The Kier molecular flexibility index (Phi) is 3.65. The van der Waals surface area contributed by atoms with Crippen molar-refractivity contribution in [2.75, 3.05) is 0 Å². The van der Waals surface area contributed by atoms with E-state index in [0.717, 1.165) is 18.6 Å². The summed E-state index contributed by atoms with van der Waals surface area (Å²) in [7, 11) is 0. The number of hydrogen-bond donors (Lipinski definition) is 2. The van der Waals surface area contributed by atoms with Crippen molar-refractivity contribution in [2.45, 2.75) is 65.0 Å². The molecule has 1 rings (SSSR count). The second kappa shape index (κ2) is 4.34. The molecule has 0 bridgehead atoms. The number of rotatable bonds is 2. The van der Waals surface area contributed by atoms with Crippen LogP contribution >= 0.6 is 0 Å². The van der Waals surface area contributed by atoms with Gasteiger partial charge in [0, 0.05) is 17.9 Å². The van der Waals surface area contributed by atoms with Crippen molar-refractivity contribution in [1.29, 1.82) is 0 Å². The standard InChI is InChI=1S/C12H24N2O2/c1-6-11(4)8-10(13-15)9(3)12(5,7-2)14(11)16/h9,15-16H,6-8H2,1-5H3/b13-10+. The molecule has 2 N–H and O–H groups in total. The first kappa shape index (κ1) is 13.5. The van der Waals surface area contributed by atoms with Crippen molar-refractivity contribution in [3.8, 4) is 0 Å². The zero-order valence-electron chi connectivity index (χ0n) is 11.0. The molecule has 1 saturated heterocycles. The maximum atomic E-state index is 10.4. The van der Waals surface area contributed by atoms with E-state index in [0.29, 0.717) is 6.42 Å². The molecular formula is C12H24N2O2. The summed E-state index contributed by atoms with van der Waals surface area (Å²) in [5.41, 5.74) is 0.0997. The lowest BCUT2D eigenvalue weighted by Gasteiger charge is -2.54. The summed E-state index contributed by atoms with van der Waals surface area (Å²) in [6, 6.07) is 0. The highest BCUT2D eigenvalue weighted by molar-refractivity contribution is 5.89. The number of hydrogen-bond acceptors (Lipinski definition) is 4. The molecule has 0 aromatic carbocycles. The summed E-state index contributed by atoms with van der Waals surface area (Å²) in [5.74, 6) is 0.0622. The van der Waals surface area contributed by atoms with E-state index in [1.807, 2.05) is 27.7 Å². The first-order valence-electron chi connectivity index (χ1n) is 6.05. The minimum Gasteiger partial charge on any atom is -0.411 e. The van der Waals surface area contributed by atoms with E-state index in [1.165, 1.54) is 5.06 Å². The van der Waals surface area contributed by atoms with Crippen LogP contribution in [0.25, 0.3) is 0 Å². The quantitative estimate of drug-likeness (QED) is 0.564. The Morgan fingerprint density at radius 3 is 2.31 bits per heavy atom. The van der Waals surface area contributed by atoms with Gasteiger partial charge in [-0.15, -0.1) is 0 Å². The lowest BCUT2D eigenvalue weighted by Crippen LogP contribution is -2.65. The van der Waals surface area contributed by atoms with E-state index >= 15 is 0 Å². The van der Waals surface area contributed by atoms with Crippen molar-refractivity contribution in [3.63, 3.8) is 0 Å². The molecule has 94 valence electrons. The maximum Gasteiger partial charge on any atom is 0.0637 e. The van der Waals surface area contributed by atoms with Gasteiger partial charge in [0.2, 0.25) is 0 Å². The van der Waals surface area contributed by atoms with Crippen LogP contribution in [0.3, 0.4) is 0 Å². The van der Waals surface area contributed by atoms with Crippen LogP contribution in [-0.4, -0.2) is 32.3 Å². The highest BCUT2D eigenvalue weighted by Gasteiger charge is 2.51. The lowest BCUT2D eigenvalue weighted by atomic mass is 9.70. The number of hydroxylamine groups is 2. The summed E-state index contributed by atoms with van der Waals surface area (Å²) in [6.45, 7) is 10.1. The molecule has 0 spiro atoms. The van der Waals surface area contributed by atoms with E-state index in [-0.39, 0.29) is 17.0 Å². The molecule has 1 aliphatic rings. The highest BCUT2D eigenvalue weighted by Crippen LogP contribution is 2.42. The van der Waals surface area contributed by atoms with Crippen LogP contribution in [-0.2, 0) is 0 Å². The lowest BCUT2D eigenvalue weighted by molar-refractivity contribution is -0.249. The summed E-state index contributed by atoms with van der Waals surface area (Å²) < 4.78 is 0. The zero-order chi connectivity index (χ0) is 12.6. The van der Waals surface area contributed by atoms with Gasteiger partial charge in [-0.2, -0.15) is 5.06 Å². The van der Waals surface area contributed by atoms with Crippen molar-refractivity contribution < 1.29 is 10.4 Å². The van der Waals surface area contributed by atoms with Gasteiger partial charge in [0.1, 0.15) is 0 Å². The van der Waals surface area contributed by atoms with Gasteiger partial charge in [-0.1, -0.05) is 25.9 Å². The third kappa shape index (κ3) is 1.74. The highest BCUT2D eigenvalue weighted by atomic mass is 16.5. The van der Waals surface area contributed by atoms with Gasteiger partial charge in [-0.25, -0.2) is 0 Å². The third-order valence-electron chi connectivity index (χ3n) is 4.60. The fraction of sp³-hybridized carbons (Fsp3) is 0.917. The van der Waals surface area contributed by atoms with Crippen LogP contribution in [0.15, 0.2) is 5.16 Å². The van der Waals surface area contributed by atoms with Crippen LogP contribution in [0.1, 0.15) is 53.9 Å². The Bertz CT molecular complexity index is 293. The number of piperidine rings is 1. The second-order valence-corrected chi connectivity index (χ2v) is 5.36. The van der Waals surface area contributed by atoms with Crippen LogP contribution in [0.4, 0.5) is 0 Å². The summed E-state index contributed by atoms with van der Waals surface area (Å²) in [6.07, 6.45) is 2.26. The van der Waals surface area contributed by atoms with E-state index < -0.39 is 0 Å². The van der Waals surface area contributed by atoms with Crippen LogP contribution in [0, 0.1) is 5.92 Å². The summed E-state index contributed by atoms with van der Waals surface area (Å²) in [4.78, 5) is 0. The van der Waals surface area contributed by atoms with Gasteiger partial charge in [-0.05, 0) is 26.7 Å². The Hall–Kier alpha value is -0.610. The molecule has 16 heavy (non-hydrogen) atoms. The molecule has 4 heteroatoms. The Balaban J connectivity index is 3.18. The fourth-order valence-corrected chi connectivity index (χ4v) is 2.63. The van der Waals surface area contributed by atoms with Crippen molar-refractivity contribution >= 4 is 5.71 Å². The van der Waals surface area contributed by atoms with Crippen molar-refractivity contribution in [1.82, 2.24) is 5.06 Å². The Morgan fingerprint density at radius 1 is 1.38 bits per heavy atom. The SMILES string of the molecule is CCC1(C)C/C(=N\O)C(C)C(C)(CC)N1O. The minimum absolute atomic E-state index is 0.0622. The Labute approximate surface area is 97.9 Å². The maximum absolute atomic E-state index is 10.4. The van der Waals surface area contributed by atoms with E-state index in [4.69, 9.17) is 5.21 Å². The summed E-state index contributed by atoms with van der Waals surface area (Å²) >= 11 is 0. The van der Waals surface area contributed by atoms with Crippen LogP contribution < -0.4 is 0 Å². The van der Waals surface area contributed by atoms with Crippen LogP contribution in [0.2, 0.25) is 0 Å². The van der Waals surface area contributed by atoms with E-state index in [2.05, 4.69) is 12.1 Å². The van der Waals surface area contributed by atoms with Crippen LogP contribution in [0.5, 0.6) is 0 Å². The molecule has 3 unspecified atom stereocenters. The number of nitrogens with zero attached hydrogens (tertiary/aromatic N) is 2. The van der Waals surface area contributed by atoms with E-state index in [9.17, 15) is 5.21 Å². The smallest absolute Gasteiger partial charge is 0.0637 e. The average Bonchev–Trinajstić information content (AvgIpc) is 2.31. The molecule has 0 aromatic rings. The van der Waals surface area contributed by atoms with Gasteiger partial charge in [-0.3, -0.25) is 0 Å². The normalized spacial score (nSPS) is 43.9. The molecule has 0 radical (unpaired) electrons. The molecule has 0 amide bonds. The molecule has 4 nitrogen and oxygen atoms in total. The fourth-order valence-electron chi connectivity index (χ4n) is 2.63. The summed E-state index contributed by atoms with van der Waals surface area (Å²) in [5, 5.41) is 24.4. The molecule has 1 aliphatic heterocycles. The topological polar surface area (TPSA) is 56.1 Å². The average molecular weight is 228 g/mol.